The Morgan fingerprint density at radius 3 is 3.00 bits per heavy atom. The van der Waals surface area contributed by atoms with Crippen LogP contribution in [0.25, 0.3) is 11.4 Å². The van der Waals surface area contributed by atoms with Crippen LogP contribution in [0.1, 0.15) is 26.2 Å². The minimum atomic E-state index is 0.453. The molecule has 17 heavy (non-hydrogen) atoms. The van der Waals surface area contributed by atoms with E-state index in [0.717, 1.165) is 18.5 Å². The molecule has 0 spiro atoms. The average molecular weight is 251 g/mol. The van der Waals surface area contributed by atoms with Crippen LogP contribution in [0.3, 0.4) is 0 Å². The third kappa shape index (κ3) is 3.27. The lowest BCUT2D eigenvalue weighted by atomic mass is 10.2. The van der Waals surface area contributed by atoms with Crippen molar-refractivity contribution in [3.63, 3.8) is 0 Å². The monoisotopic (exact) mass is 250 g/mol. The SMILES string of the molecule is CCCCCn1cc(-c2nccc(Cl)n2)cn1. The molecule has 0 fully saturated rings. The van der Waals surface area contributed by atoms with Crippen molar-refractivity contribution >= 4 is 11.6 Å². The molecule has 0 saturated carbocycles. The topological polar surface area (TPSA) is 43.6 Å². The Hall–Kier alpha value is -1.42. The fourth-order valence-corrected chi connectivity index (χ4v) is 1.74. The van der Waals surface area contributed by atoms with Gasteiger partial charge in [0.15, 0.2) is 5.82 Å². The molecule has 2 aromatic rings. The second-order valence-corrected chi connectivity index (χ2v) is 4.29. The molecule has 0 aliphatic carbocycles. The summed E-state index contributed by atoms with van der Waals surface area (Å²) in [5, 5.41) is 4.74. The van der Waals surface area contributed by atoms with Crippen molar-refractivity contribution in [3.8, 4) is 11.4 Å². The van der Waals surface area contributed by atoms with Gasteiger partial charge >= 0.3 is 0 Å². The molecule has 2 heterocycles. The van der Waals surface area contributed by atoms with Crippen LogP contribution in [0.4, 0.5) is 0 Å². The first-order valence-corrected chi connectivity index (χ1v) is 6.19. The van der Waals surface area contributed by atoms with Crippen LogP contribution in [-0.4, -0.2) is 19.7 Å². The van der Waals surface area contributed by atoms with Crippen molar-refractivity contribution in [2.24, 2.45) is 0 Å². The first kappa shape index (κ1) is 12.0. The van der Waals surface area contributed by atoms with Gasteiger partial charge in [0.05, 0.1) is 11.8 Å². The Morgan fingerprint density at radius 1 is 1.35 bits per heavy atom. The van der Waals surface area contributed by atoms with E-state index in [2.05, 4.69) is 22.0 Å². The summed E-state index contributed by atoms with van der Waals surface area (Å²) in [7, 11) is 0. The van der Waals surface area contributed by atoms with E-state index in [1.807, 2.05) is 10.9 Å². The maximum atomic E-state index is 5.83. The summed E-state index contributed by atoms with van der Waals surface area (Å²) in [6, 6.07) is 1.66. The number of aromatic nitrogens is 4. The third-order valence-electron chi connectivity index (χ3n) is 2.50. The van der Waals surface area contributed by atoms with Crippen molar-refractivity contribution in [2.75, 3.05) is 0 Å². The zero-order valence-corrected chi connectivity index (χ0v) is 10.6. The van der Waals surface area contributed by atoms with Crippen molar-refractivity contribution < 1.29 is 0 Å². The lowest BCUT2D eigenvalue weighted by Gasteiger charge is -1.99. The minimum Gasteiger partial charge on any atom is -0.272 e. The number of nitrogens with zero attached hydrogens (tertiary/aromatic N) is 4. The number of unbranched alkanes of at least 4 members (excludes halogenated alkanes) is 2. The van der Waals surface area contributed by atoms with Gasteiger partial charge in [-0.15, -0.1) is 0 Å². The maximum absolute atomic E-state index is 5.83. The highest BCUT2D eigenvalue weighted by molar-refractivity contribution is 6.29. The summed E-state index contributed by atoms with van der Waals surface area (Å²) in [6.07, 6.45) is 8.97. The largest absolute Gasteiger partial charge is 0.272 e. The van der Waals surface area contributed by atoms with E-state index < -0.39 is 0 Å². The van der Waals surface area contributed by atoms with E-state index in [-0.39, 0.29) is 0 Å². The molecule has 5 heteroatoms. The molecule has 2 aromatic heterocycles. The van der Waals surface area contributed by atoms with E-state index in [4.69, 9.17) is 11.6 Å². The standard InChI is InChI=1S/C12H15ClN4/c1-2-3-4-7-17-9-10(8-15-17)12-14-6-5-11(13)16-12/h5-6,8-9H,2-4,7H2,1H3. The van der Waals surface area contributed by atoms with E-state index in [1.54, 1.807) is 18.5 Å². The average Bonchev–Trinajstić information content (AvgIpc) is 2.78. The normalized spacial score (nSPS) is 10.7. The van der Waals surface area contributed by atoms with Gasteiger partial charge in [-0.3, -0.25) is 4.68 Å². The van der Waals surface area contributed by atoms with Crippen molar-refractivity contribution in [2.45, 2.75) is 32.7 Å². The maximum Gasteiger partial charge on any atom is 0.163 e. The van der Waals surface area contributed by atoms with Gasteiger partial charge < -0.3 is 0 Å². The molecular formula is C12H15ClN4. The summed E-state index contributed by atoms with van der Waals surface area (Å²) >= 11 is 5.83. The molecule has 0 radical (unpaired) electrons. The van der Waals surface area contributed by atoms with Crippen LogP contribution < -0.4 is 0 Å². The lowest BCUT2D eigenvalue weighted by molar-refractivity contribution is 0.553. The van der Waals surface area contributed by atoms with E-state index in [9.17, 15) is 0 Å². The predicted octanol–water partition coefficient (Wildman–Crippen LogP) is 3.18. The zero-order chi connectivity index (χ0) is 12.1. The predicted molar refractivity (Wildman–Crippen MR) is 67.8 cm³/mol. The molecule has 0 bridgehead atoms. The number of hydrogen-bond acceptors (Lipinski definition) is 3. The van der Waals surface area contributed by atoms with Crippen LogP contribution in [0.2, 0.25) is 5.15 Å². The second kappa shape index (κ2) is 5.77. The zero-order valence-electron chi connectivity index (χ0n) is 9.80. The highest BCUT2D eigenvalue weighted by atomic mass is 35.5. The summed E-state index contributed by atoms with van der Waals surface area (Å²) in [6.45, 7) is 3.13. The van der Waals surface area contributed by atoms with Gasteiger partial charge in [0.2, 0.25) is 0 Å². The smallest absolute Gasteiger partial charge is 0.163 e. The van der Waals surface area contributed by atoms with Crippen LogP contribution in [0.15, 0.2) is 24.7 Å². The highest BCUT2D eigenvalue weighted by Gasteiger charge is 2.04. The fraction of sp³-hybridized carbons (Fsp3) is 0.417. The molecular weight excluding hydrogens is 236 g/mol. The first-order valence-electron chi connectivity index (χ1n) is 5.81. The molecule has 90 valence electrons. The number of hydrogen-bond donors (Lipinski definition) is 0. The number of aryl methyl sites for hydroxylation is 1. The van der Waals surface area contributed by atoms with Gasteiger partial charge in [-0.05, 0) is 12.5 Å². The van der Waals surface area contributed by atoms with Gasteiger partial charge in [-0.25, -0.2) is 9.97 Å². The van der Waals surface area contributed by atoms with E-state index in [0.29, 0.717) is 11.0 Å². The molecule has 0 aromatic carbocycles. The van der Waals surface area contributed by atoms with Crippen LogP contribution in [-0.2, 0) is 6.54 Å². The van der Waals surface area contributed by atoms with E-state index in [1.165, 1.54) is 12.8 Å². The van der Waals surface area contributed by atoms with E-state index >= 15 is 0 Å². The molecule has 0 aliphatic heterocycles. The fourth-order valence-electron chi connectivity index (χ4n) is 1.60. The molecule has 0 amide bonds. The summed E-state index contributed by atoms with van der Waals surface area (Å²) in [5.74, 6) is 0.624. The minimum absolute atomic E-state index is 0.453. The Kier molecular flexibility index (Phi) is 4.09. The van der Waals surface area contributed by atoms with Crippen molar-refractivity contribution in [3.05, 3.63) is 29.8 Å². The summed E-state index contributed by atoms with van der Waals surface area (Å²) in [4.78, 5) is 8.32. The Balaban J connectivity index is 2.07. The lowest BCUT2D eigenvalue weighted by Crippen LogP contribution is -1.97. The Labute approximate surface area is 106 Å². The molecule has 0 aliphatic rings. The molecule has 0 unspecified atom stereocenters. The van der Waals surface area contributed by atoms with Gasteiger partial charge in [0, 0.05) is 18.9 Å². The van der Waals surface area contributed by atoms with Crippen LogP contribution in [0.5, 0.6) is 0 Å². The molecule has 2 rings (SSSR count). The van der Waals surface area contributed by atoms with Crippen LogP contribution in [0, 0.1) is 0 Å². The quantitative estimate of drug-likeness (QED) is 0.605. The molecule has 4 nitrogen and oxygen atoms in total. The number of rotatable bonds is 5. The molecule has 0 saturated heterocycles. The van der Waals surface area contributed by atoms with Gasteiger partial charge in [0.1, 0.15) is 5.15 Å². The Morgan fingerprint density at radius 2 is 2.24 bits per heavy atom. The van der Waals surface area contributed by atoms with Gasteiger partial charge in [0.25, 0.3) is 0 Å². The first-order chi connectivity index (χ1) is 8.29. The van der Waals surface area contributed by atoms with Gasteiger partial charge in [-0.1, -0.05) is 31.4 Å². The van der Waals surface area contributed by atoms with Crippen LogP contribution >= 0.6 is 11.6 Å². The highest BCUT2D eigenvalue weighted by Crippen LogP contribution is 2.15. The summed E-state index contributed by atoms with van der Waals surface area (Å²) < 4.78 is 1.93. The van der Waals surface area contributed by atoms with Crippen molar-refractivity contribution in [1.82, 2.24) is 19.7 Å². The molecule has 0 atom stereocenters. The summed E-state index contributed by atoms with van der Waals surface area (Å²) in [5.41, 5.74) is 0.906. The number of halogens is 1. The third-order valence-corrected chi connectivity index (χ3v) is 2.71. The molecule has 0 N–H and O–H groups in total. The van der Waals surface area contributed by atoms with Crippen molar-refractivity contribution in [1.29, 1.82) is 0 Å². The van der Waals surface area contributed by atoms with Gasteiger partial charge in [-0.2, -0.15) is 5.10 Å². The Bertz CT molecular complexity index is 481. The second-order valence-electron chi connectivity index (χ2n) is 3.90.